The van der Waals surface area contributed by atoms with Crippen LogP contribution in [0.15, 0.2) is 18.2 Å². The number of Topliss-reactive ketones (excluding diaryl/α,β-unsaturated/α-hetero) is 1. The van der Waals surface area contributed by atoms with Crippen molar-refractivity contribution in [1.82, 2.24) is 4.90 Å². The largest absolute Gasteiger partial charge is 0.496 e. The van der Waals surface area contributed by atoms with Crippen LogP contribution < -0.4 is 4.74 Å². The van der Waals surface area contributed by atoms with Crippen molar-refractivity contribution in [3.63, 3.8) is 0 Å². The van der Waals surface area contributed by atoms with Crippen molar-refractivity contribution in [2.45, 2.75) is 40.7 Å². The molecule has 1 atom stereocenters. The first-order chi connectivity index (χ1) is 9.16. The molecule has 20 heavy (non-hydrogen) atoms. The van der Waals surface area contributed by atoms with E-state index < -0.39 is 0 Å². The van der Waals surface area contributed by atoms with Crippen LogP contribution in [0.3, 0.4) is 0 Å². The van der Waals surface area contributed by atoms with E-state index in [0.29, 0.717) is 23.9 Å². The number of ether oxygens (including phenoxy) is 1. The summed E-state index contributed by atoms with van der Waals surface area (Å²) in [5, 5.41) is 0. The van der Waals surface area contributed by atoms with E-state index in [4.69, 9.17) is 4.74 Å². The maximum atomic E-state index is 12.5. The number of benzene rings is 1. The monoisotopic (exact) mass is 277 g/mol. The first kappa shape index (κ1) is 16.7. The highest BCUT2D eigenvalue weighted by molar-refractivity contribution is 6.00. The lowest BCUT2D eigenvalue weighted by atomic mass is 9.87. The van der Waals surface area contributed by atoms with E-state index in [1.54, 1.807) is 7.11 Å². The first-order valence-corrected chi connectivity index (χ1v) is 7.05. The van der Waals surface area contributed by atoms with Crippen LogP contribution in [-0.4, -0.2) is 37.4 Å². The van der Waals surface area contributed by atoms with Crippen molar-refractivity contribution < 1.29 is 9.53 Å². The van der Waals surface area contributed by atoms with Crippen molar-refractivity contribution >= 4 is 5.78 Å². The summed E-state index contributed by atoms with van der Waals surface area (Å²) in [4.78, 5) is 14.6. The van der Waals surface area contributed by atoms with Crippen LogP contribution in [0.4, 0.5) is 0 Å². The number of rotatable bonds is 5. The predicted octanol–water partition coefficient (Wildman–Crippen LogP) is 3.55. The fraction of sp³-hybridized carbons (Fsp3) is 0.588. The highest BCUT2D eigenvalue weighted by Crippen LogP contribution is 2.24. The van der Waals surface area contributed by atoms with Gasteiger partial charge in [-0.3, -0.25) is 9.69 Å². The van der Waals surface area contributed by atoms with E-state index >= 15 is 0 Å². The van der Waals surface area contributed by atoms with Gasteiger partial charge in [-0.2, -0.15) is 0 Å². The second kappa shape index (κ2) is 6.40. The zero-order valence-electron chi connectivity index (χ0n) is 13.8. The summed E-state index contributed by atoms with van der Waals surface area (Å²) in [6.07, 6.45) is 0. The molecule has 0 aliphatic rings. The summed E-state index contributed by atoms with van der Waals surface area (Å²) in [5.41, 5.74) is 1.90. The van der Waals surface area contributed by atoms with Gasteiger partial charge < -0.3 is 4.74 Å². The number of ketones is 1. The molecule has 0 bridgehead atoms. The Morgan fingerprint density at radius 2 is 1.95 bits per heavy atom. The van der Waals surface area contributed by atoms with Gasteiger partial charge in [0, 0.05) is 6.04 Å². The molecule has 0 amide bonds. The molecule has 3 nitrogen and oxygen atoms in total. The quantitative estimate of drug-likeness (QED) is 0.771. The number of hydrogen-bond donors (Lipinski definition) is 0. The molecule has 0 fully saturated rings. The second-order valence-corrected chi connectivity index (χ2v) is 6.58. The third kappa shape index (κ3) is 4.07. The average Bonchev–Trinajstić information content (AvgIpc) is 2.36. The molecular formula is C17H27NO2. The fourth-order valence-electron chi connectivity index (χ4n) is 2.14. The van der Waals surface area contributed by atoms with Gasteiger partial charge in [0.25, 0.3) is 0 Å². The highest BCUT2D eigenvalue weighted by atomic mass is 16.5. The van der Waals surface area contributed by atoms with Crippen molar-refractivity contribution in [1.29, 1.82) is 0 Å². The molecule has 0 aliphatic carbocycles. The Labute approximate surface area is 122 Å². The third-order valence-electron chi connectivity index (χ3n) is 3.96. The third-order valence-corrected chi connectivity index (χ3v) is 3.96. The number of carbonyl (C=O) groups is 1. The molecule has 0 spiro atoms. The van der Waals surface area contributed by atoms with Crippen LogP contribution in [-0.2, 0) is 0 Å². The lowest BCUT2D eigenvalue weighted by Gasteiger charge is -2.35. The number of methoxy groups -OCH3 is 1. The van der Waals surface area contributed by atoms with Gasteiger partial charge in [-0.05, 0) is 44.0 Å². The fourth-order valence-corrected chi connectivity index (χ4v) is 2.14. The second-order valence-electron chi connectivity index (χ2n) is 6.58. The topological polar surface area (TPSA) is 29.5 Å². The Kier molecular flexibility index (Phi) is 5.35. The van der Waals surface area contributed by atoms with E-state index in [1.807, 2.05) is 32.2 Å². The SMILES string of the molecule is COc1cc(C)ccc1C(=O)CN(C)C(C)C(C)(C)C. The molecule has 112 valence electrons. The Hall–Kier alpha value is -1.35. The van der Waals surface area contributed by atoms with Crippen molar-refractivity contribution in [3.05, 3.63) is 29.3 Å². The zero-order chi connectivity index (χ0) is 15.5. The number of nitrogens with zero attached hydrogens (tertiary/aromatic N) is 1. The molecule has 0 saturated carbocycles. The van der Waals surface area contributed by atoms with Gasteiger partial charge in [-0.25, -0.2) is 0 Å². The van der Waals surface area contributed by atoms with Gasteiger partial charge in [0.1, 0.15) is 5.75 Å². The number of hydrogen-bond acceptors (Lipinski definition) is 3. The molecule has 1 aromatic rings. The summed E-state index contributed by atoms with van der Waals surface area (Å²) in [6.45, 7) is 11.1. The number of aryl methyl sites for hydroxylation is 1. The molecule has 1 aromatic carbocycles. The molecular weight excluding hydrogens is 250 g/mol. The highest BCUT2D eigenvalue weighted by Gasteiger charge is 2.25. The molecule has 1 unspecified atom stereocenters. The van der Waals surface area contributed by atoms with Gasteiger partial charge in [0.05, 0.1) is 19.2 Å². The summed E-state index contributed by atoms with van der Waals surface area (Å²) < 4.78 is 5.32. The van der Waals surface area contributed by atoms with Crippen molar-refractivity contribution in [2.24, 2.45) is 5.41 Å². The standard InChI is InChI=1S/C17H27NO2/c1-12-8-9-14(16(10-12)20-7)15(19)11-18(6)13(2)17(3,4)5/h8-10,13H,11H2,1-7H3. The molecule has 0 saturated heterocycles. The molecule has 0 radical (unpaired) electrons. The minimum Gasteiger partial charge on any atom is -0.496 e. The predicted molar refractivity (Wildman–Crippen MR) is 83.6 cm³/mol. The Morgan fingerprint density at radius 3 is 2.45 bits per heavy atom. The van der Waals surface area contributed by atoms with Crippen LogP contribution in [0.5, 0.6) is 5.75 Å². The van der Waals surface area contributed by atoms with Gasteiger partial charge in [-0.15, -0.1) is 0 Å². The van der Waals surface area contributed by atoms with Crippen LogP contribution >= 0.6 is 0 Å². The minimum atomic E-state index is 0.0976. The Bertz CT molecular complexity index is 474. The van der Waals surface area contributed by atoms with E-state index in [0.717, 1.165) is 5.56 Å². The Balaban J connectivity index is 2.87. The number of carbonyl (C=O) groups excluding carboxylic acids is 1. The number of likely N-dealkylation sites (N-methyl/N-ethyl adjacent to an activating group) is 1. The van der Waals surface area contributed by atoms with E-state index in [2.05, 4.69) is 32.6 Å². The summed E-state index contributed by atoms with van der Waals surface area (Å²) in [5.74, 6) is 0.757. The van der Waals surface area contributed by atoms with Crippen LogP contribution in [0.25, 0.3) is 0 Å². The normalized spacial score (nSPS) is 13.4. The lowest BCUT2D eigenvalue weighted by Crippen LogP contribution is -2.42. The minimum absolute atomic E-state index is 0.0976. The van der Waals surface area contributed by atoms with Gasteiger partial charge in [-0.1, -0.05) is 26.8 Å². The maximum absolute atomic E-state index is 12.5. The summed E-state index contributed by atoms with van der Waals surface area (Å²) >= 11 is 0. The molecule has 1 rings (SSSR count). The average molecular weight is 277 g/mol. The van der Waals surface area contributed by atoms with Crippen molar-refractivity contribution in [2.75, 3.05) is 20.7 Å². The molecule has 0 aromatic heterocycles. The smallest absolute Gasteiger partial charge is 0.180 e. The van der Waals surface area contributed by atoms with Gasteiger partial charge in [0.15, 0.2) is 5.78 Å². The summed E-state index contributed by atoms with van der Waals surface area (Å²) in [6, 6.07) is 6.03. The van der Waals surface area contributed by atoms with E-state index in [-0.39, 0.29) is 11.2 Å². The van der Waals surface area contributed by atoms with Gasteiger partial charge in [0.2, 0.25) is 0 Å². The summed E-state index contributed by atoms with van der Waals surface area (Å²) in [7, 11) is 3.60. The zero-order valence-corrected chi connectivity index (χ0v) is 13.8. The van der Waals surface area contributed by atoms with E-state index in [9.17, 15) is 4.79 Å². The van der Waals surface area contributed by atoms with E-state index in [1.165, 1.54) is 0 Å². The molecule has 0 N–H and O–H groups in total. The maximum Gasteiger partial charge on any atom is 0.180 e. The van der Waals surface area contributed by atoms with Crippen LogP contribution in [0.2, 0.25) is 0 Å². The molecule has 0 heterocycles. The lowest BCUT2D eigenvalue weighted by molar-refractivity contribution is 0.0851. The molecule has 0 aliphatic heterocycles. The Morgan fingerprint density at radius 1 is 1.35 bits per heavy atom. The van der Waals surface area contributed by atoms with Crippen LogP contribution in [0, 0.1) is 12.3 Å². The van der Waals surface area contributed by atoms with Crippen molar-refractivity contribution in [3.8, 4) is 5.75 Å². The van der Waals surface area contributed by atoms with Crippen LogP contribution in [0.1, 0.15) is 43.6 Å². The first-order valence-electron chi connectivity index (χ1n) is 7.05. The van der Waals surface area contributed by atoms with Gasteiger partial charge >= 0.3 is 0 Å². The molecule has 3 heteroatoms.